The number of carbonyl (C=O) groups excluding carboxylic acids is 1. The van der Waals surface area contributed by atoms with Crippen LogP contribution in [0.5, 0.6) is 0 Å². The van der Waals surface area contributed by atoms with Crippen LogP contribution in [-0.4, -0.2) is 5.91 Å². The second-order valence-electron chi connectivity index (χ2n) is 4.28. The number of nitriles is 2. The molecule has 1 amide bonds. The highest BCUT2D eigenvalue weighted by molar-refractivity contribution is 5.98. The molecule has 90 valence electrons. The largest absolute Gasteiger partial charge is 0.323 e. The Morgan fingerprint density at radius 2 is 2.11 bits per heavy atom. The number of hydrogen-bond acceptors (Lipinski definition) is 3. The van der Waals surface area contributed by atoms with Crippen LogP contribution in [0.2, 0.25) is 0 Å². The summed E-state index contributed by atoms with van der Waals surface area (Å²) < 4.78 is 13.3. The van der Waals surface area contributed by atoms with Gasteiger partial charge in [-0.2, -0.15) is 10.5 Å². The molecule has 4 nitrogen and oxygen atoms in total. The van der Waals surface area contributed by atoms with Gasteiger partial charge in [-0.15, -0.1) is 0 Å². The number of benzene rings is 1. The Labute approximate surface area is 104 Å². The van der Waals surface area contributed by atoms with E-state index in [2.05, 4.69) is 5.32 Å². The summed E-state index contributed by atoms with van der Waals surface area (Å²) in [7, 11) is 0. The molecule has 1 saturated carbocycles. The van der Waals surface area contributed by atoms with Gasteiger partial charge in [0.1, 0.15) is 22.9 Å². The van der Waals surface area contributed by atoms with E-state index in [-0.39, 0.29) is 11.3 Å². The Morgan fingerprint density at radius 3 is 2.61 bits per heavy atom. The average molecular weight is 243 g/mol. The molecule has 0 heterocycles. The molecule has 18 heavy (non-hydrogen) atoms. The molecule has 1 aromatic rings. The highest BCUT2D eigenvalue weighted by Gasteiger charge is 2.44. The number of amides is 1. The molecule has 1 aliphatic carbocycles. The van der Waals surface area contributed by atoms with Crippen molar-refractivity contribution in [3.05, 3.63) is 29.6 Å². The molecule has 1 fully saturated rings. The van der Waals surface area contributed by atoms with Gasteiger partial charge in [-0.25, -0.2) is 4.39 Å². The van der Waals surface area contributed by atoms with Gasteiger partial charge in [0.2, 0.25) is 5.91 Å². The van der Waals surface area contributed by atoms with Crippen LogP contribution >= 0.6 is 0 Å². The smallest absolute Gasteiger partial charge is 0.244 e. The molecule has 0 atom stereocenters. The molecular formula is C13H10FN3O. The predicted molar refractivity (Wildman–Crippen MR) is 61.6 cm³/mol. The summed E-state index contributed by atoms with van der Waals surface area (Å²) in [5.41, 5.74) is -1.11. The minimum absolute atomic E-state index is 0.115. The summed E-state index contributed by atoms with van der Waals surface area (Å²) in [5.74, 6) is -1.15. The first-order valence-electron chi connectivity index (χ1n) is 5.54. The second kappa shape index (κ2) is 4.46. The lowest BCUT2D eigenvalue weighted by Gasteiger charge is -2.33. The highest BCUT2D eigenvalue weighted by Crippen LogP contribution is 2.41. The number of carbonyl (C=O) groups is 1. The molecule has 0 unspecified atom stereocenters. The Hall–Kier alpha value is -2.40. The Kier molecular flexibility index (Phi) is 2.99. The van der Waals surface area contributed by atoms with Crippen LogP contribution in [0.1, 0.15) is 24.8 Å². The first-order chi connectivity index (χ1) is 8.63. The summed E-state index contributed by atoms with van der Waals surface area (Å²) >= 11 is 0. The second-order valence-corrected chi connectivity index (χ2v) is 4.28. The maximum atomic E-state index is 13.3. The van der Waals surface area contributed by atoms with Crippen molar-refractivity contribution in [2.45, 2.75) is 19.3 Å². The van der Waals surface area contributed by atoms with Crippen molar-refractivity contribution in [2.24, 2.45) is 5.41 Å². The fraction of sp³-hybridized carbons (Fsp3) is 0.308. The van der Waals surface area contributed by atoms with E-state index in [4.69, 9.17) is 10.5 Å². The molecule has 0 spiro atoms. The van der Waals surface area contributed by atoms with Gasteiger partial charge in [0, 0.05) is 0 Å². The zero-order valence-corrected chi connectivity index (χ0v) is 9.53. The maximum Gasteiger partial charge on any atom is 0.244 e. The Balaban J connectivity index is 2.26. The minimum atomic E-state index is -1.01. The first-order valence-corrected chi connectivity index (χ1v) is 5.54. The summed E-state index contributed by atoms with van der Waals surface area (Å²) in [4.78, 5) is 12.0. The summed E-state index contributed by atoms with van der Waals surface area (Å²) in [6.07, 6.45) is 1.84. The van der Waals surface area contributed by atoms with E-state index >= 15 is 0 Å². The van der Waals surface area contributed by atoms with Crippen LogP contribution in [0.3, 0.4) is 0 Å². The van der Waals surface area contributed by atoms with E-state index in [9.17, 15) is 9.18 Å². The first kappa shape index (κ1) is 12.1. The molecule has 0 bridgehead atoms. The number of nitrogens with one attached hydrogen (secondary N) is 1. The third-order valence-corrected chi connectivity index (χ3v) is 3.23. The van der Waals surface area contributed by atoms with Crippen molar-refractivity contribution in [2.75, 3.05) is 5.32 Å². The van der Waals surface area contributed by atoms with Gasteiger partial charge in [-0.05, 0) is 31.4 Å². The van der Waals surface area contributed by atoms with Crippen LogP contribution in [-0.2, 0) is 4.79 Å². The van der Waals surface area contributed by atoms with Gasteiger partial charge in [0.25, 0.3) is 0 Å². The van der Waals surface area contributed by atoms with Gasteiger partial charge >= 0.3 is 0 Å². The van der Waals surface area contributed by atoms with E-state index in [1.165, 1.54) is 12.1 Å². The maximum absolute atomic E-state index is 13.3. The van der Waals surface area contributed by atoms with E-state index in [0.717, 1.165) is 12.5 Å². The third kappa shape index (κ3) is 1.80. The SMILES string of the molecule is N#Cc1c(F)cccc1NC(=O)C1(C#N)CCC1. The lowest BCUT2D eigenvalue weighted by molar-refractivity contribution is -0.126. The molecule has 1 aromatic carbocycles. The molecule has 1 aliphatic rings. The quantitative estimate of drug-likeness (QED) is 0.865. The number of rotatable bonds is 2. The van der Waals surface area contributed by atoms with Crippen LogP contribution in [0, 0.1) is 33.9 Å². The summed E-state index contributed by atoms with van der Waals surface area (Å²) in [6, 6.07) is 7.71. The molecule has 0 aromatic heterocycles. The Morgan fingerprint density at radius 1 is 1.39 bits per heavy atom. The van der Waals surface area contributed by atoms with Crippen molar-refractivity contribution >= 4 is 11.6 Å². The predicted octanol–water partition coefficient (Wildman–Crippen LogP) is 2.33. The minimum Gasteiger partial charge on any atom is -0.323 e. The highest BCUT2D eigenvalue weighted by atomic mass is 19.1. The standard InChI is InChI=1S/C13H10FN3O/c14-10-3-1-4-11(9(10)7-15)17-12(18)13(8-16)5-2-6-13/h1,3-4H,2,5-6H2,(H,17,18). The number of nitrogens with zero attached hydrogens (tertiary/aromatic N) is 2. The fourth-order valence-corrected chi connectivity index (χ4v) is 1.90. The number of hydrogen-bond donors (Lipinski definition) is 1. The molecule has 5 heteroatoms. The molecule has 0 aliphatic heterocycles. The van der Waals surface area contributed by atoms with Crippen molar-refractivity contribution < 1.29 is 9.18 Å². The van der Waals surface area contributed by atoms with Gasteiger partial charge in [-0.1, -0.05) is 6.07 Å². The number of halogens is 1. The van der Waals surface area contributed by atoms with Crippen LogP contribution in [0.4, 0.5) is 10.1 Å². The van der Waals surface area contributed by atoms with Crippen molar-refractivity contribution in [1.82, 2.24) is 0 Å². The van der Waals surface area contributed by atoms with Crippen molar-refractivity contribution in [1.29, 1.82) is 10.5 Å². The number of anilines is 1. The van der Waals surface area contributed by atoms with Gasteiger partial charge < -0.3 is 5.32 Å². The van der Waals surface area contributed by atoms with E-state index in [1.54, 1.807) is 6.07 Å². The molecule has 1 N–H and O–H groups in total. The third-order valence-electron chi connectivity index (χ3n) is 3.23. The van der Waals surface area contributed by atoms with Gasteiger partial charge in [-0.3, -0.25) is 4.79 Å². The van der Waals surface area contributed by atoms with Crippen LogP contribution in [0.15, 0.2) is 18.2 Å². The molecular weight excluding hydrogens is 233 g/mol. The summed E-state index contributed by atoms with van der Waals surface area (Å²) in [6.45, 7) is 0. The topological polar surface area (TPSA) is 76.7 Å². The van der Waals surface area contributed by atoms with E-state index in [0.29, 0.717) is 12.8 Å². The van der Waals surface area contributed by atoms with Gasteiger partial charge in [0.05, 0.1) is 11.8 Å². The summed E-state index contributed by atoms with van der Waals surface area (Å²) in [5, 5.41) is 20.3. The van der Waals surface area contributed by atoms with Crippen LogP contribution < -0.4 is 5.32 Å². The molecule has 0 radical (unpaired) electrons. The zero-order valence-electron chi connectivity index (χ0n) is 9.53. The van der Waals surface area contributed by atoms with Crippen molar-refractivity contribution in [3.8, 4) is 12.1 Å². The van der Waals surface area contributed by atoms with Crippen molar-refractivity contribution in [3.63, 3.8) is 0 Å². The monoisotopic (exact) mass is 243 g/mol. The lowest BCUT2D eigenvalue weighted by atomic mass is 9.69. The zero-order chi connectivity index (χ0) is 13.2. The lowest BCUT2D eigenvalue weighted by Crippen LogP contribution is -2.40. The fourth-order valence-electron chi connectivity index (χ4n) is 1.90. The van der Waals surface area contributed by atoms with Gasteiger partial charge in [0.15, 0.2) is 0 Å². The molecule has 2 rings (SSSR count). The normalized spacial score (nSPS) is 15.9. The van der Waals surface area contributed by atoms with Crippen LogP contribution in [0.25, 0.3) is 0 Å². The Bertz CT molecular complexity index is 579. The van der Waals surface area contributed by atoms with E-state index < -0.39 is 17.1 Å². The van der Waals surface area contributed by atoms with E-state index in [1.807, 2.05) is 6.07 Å². The average Bonchev–Trinajstić information content (AvgIpc) is 2.28. The molecule has 0 saturated heterocycles.